The van der Waals surface area contributed by atoms with Gasteiger partial charge in [-0.15, -0.1) is 0 Å². The number of thiocarbonyl (C=S) groups is 1. The van der Waals surface area contributed by atoms with Crippen molar-refractivity contribution in [3.05, 3.63) is 35.6 Å². The first kappa shape index (κ1) is 13.5. The maximum absolute atomic E-state index is 12.1. The lowest BCUT2D eigenvalue weighted by molar-refractivity contribution is 0.0920. The number of furan rings is 1. The molecule has 19 heavy (non-hydrogen) atoms. The Morgan fingerprint density at radius 3 is 2.84 bits per heavy atom. The van der Waals surface area contributed by atoms with Gasteiger partial charge in [-0.25, -0.2) is 0 Å². The zero-order valence-corrected chi connectivity index (χ0v) is 11.7. The molecule has 3 N–H and O–H groups in total. The normalized spacial score (nSPS) is 12.3. The average Bonchev–Trinajstić information content (AvgIpc) is 2.78. The van der Waals surface area contributed by atoms with Crippen LogP contribution in [0.5, 0.6) is 0 Å². The molecule has 0 spiro atoms. The van der Waals surface area contributed by atoms with Crippen LogP contribution in [0.2, 0.25) is 0 Å². The Bertz CT molecular complexity index is 633. The van der Waals surface area contributed by atoms with Crippen molar-refractivity contribution in [2.45, 2.75) is 26.3 Å². The van der Waals surface area contributed by atoms with E-state index in [1.165, 1.54) is 0 Å². The molecule has 1 aromatic carbocycles. The Morgan fingerprint density at radius 1 is 1.47 bits per heavy atom. The Balaban J connectivity index is 2.24. The third-order valence-corrected chi connectivity index (χ3v) is 3.24. The number of amides is 1. The van der Waals surface area contributed by atoms with Gasteiger partial charge in [0.15, 0.2) is 5.76 Å². The van der Waals surface area contributed by atoms with Crippen molar-refractivity contribution < 1.29 is 9.21 Å². The molecule has 0 radical (unpaired) electrons. The number of aryl methyl sites for hydroxylation is 1. The molecule has 0 saturated carbocycles. The molecule has 4 nitrogen and oxygen atoms in total. The highest BCUT2D eigenvalue weighted by Crippen LogP contribution is 2.20. The van der Waals surface area contributed by atoms with Crippen LogP contribution < -0.4 is 11.1 Å². The van der Waals surface area contributed by atoms with Gasteiger partial charge >= 0.3 is 0 Å². The molecular formula is C14H16N2O2S. The fourth-order valence-corrected chi connectivity index (χ4v) is 2.10. The van der Waals surface area contributed by atoms with Crippen LogP contribution in [0.3, 0.4) is 0 Å². The first-order valence-corrected chi connectivity index (χ1v) is 6.52. The van der Waals surface area contributed by atoms with E-state index in [0.717, 1.165) is 10.9 Å². The second-order valence-electron chi connectivity index (χ2n) is 4.49. The molecule has 1 atom stereocenters. The van der Waals surface area contributed by atoms with E-state index in [-0.39, 0.29) is 22.7 Å². The Labute approximate surface area is 117 Å². The van der Waals surface area contributed by atoms with Crippen molar-refractivity contribution in [2.24, 2.45) is 5.73 Å². The number of rotatable bonds is 4. The minimum absolute atomic E-state index is 0.273. The number of hydrogen-bond acceptors (Lipinski definition) is 3. The molecular weight excluding hydrogens is 260 g/mol. The van der Waals surface area contributed by atoms with Gasteiger partial charge in [0.25, 0.3) is 5.91 Å². The Morgan fingerprint density at radius 2 is 2.21 bits per heavy atom. The predicted molar refractivity (Wildman–Crippen MR) is 79.3 cm³/mol. The first-order chi connectivity index (χ1) is 9.01. The molecule has 0 bridgehead atoms. The molecule has 1 unspecified atom stereocenters. The average molecular weight is 276 g/mol. The van der Waals surface area contributed by atoms with E-state index in [1.807, 2.05) is 32.0 Å². The largest absolute Gasteiger partial charge is 0.451 e. The van der Waals surface area contributed by atoms with Crippen LogP contribution in [0.4, 0.5) is 0 Å². The summed E-state index contributed by atoms with van der Waals surface area (Å²) in [5.74, 6) is -0.0243. The second kappa shape index (κ2) is 5.40. The van der Waals surface area contributed by atoms with Crippen molar-refractivity contribution in [1.82, 2.24) is 5.32 Å². The minimum Gasteiger partial charge on any atom is -0.451 e. The van der Waals surface area contributed by atoms with E-state index >= 15 is 0 Å². The summed E-state index contributed by atoms with van der Waals surface area (Å²) in [5.41, 5.74) is 7.37. The number of nitrogens with two attached hydrogens (primary N) is 1. The predicted octanol–water partition coefficient (Wildman–Crippen LogP) is 2.54. The standard InChI is InChI=1S/C14H16N2O2S/c1-3-10(13(15)19)16-14(17)12-7-9-6-8(2)4-5-11(9)18-12/h4-7,10H,3H2,1-2H3,(H2,15,19)(H,16,17). The Kier molecular flexibility index (Phi) is 3.85. The van der Waals surface area contributed by atoms with Gasteiger partial charge < -0.3 is 15.5 Å². The summed E-state index contributed by atoms with van der Waals surface area (Å²) in [7, 11) is 0. The quantitative estimate of drug-likeness (QED) is 0.842. The summed E-state index contributed by atoms with van der Waals surface area (Å²) in [6.07, 6.45) is 0.653. The number of hydrogen-bond donors (Lipinski definition) is 2. The Hall–Kier alpha value is -1.88. The summed E-state index contributed by atoms with van der Waals surface area (Å²) in [4.78, 5) is 12.3. The number of carbonyl (C=O) groups excluding carboxylic acids is 1. The first-order valence-electron chi connectivity index (χ1n) is 6.11. The maximum atomic E-state index is 12.1. The number of fused-ring (bicyclic) bond motifs is 1. The van der Waals surface area contributed by atoms with Crippen LogP contribution in [0, 0.1) is 6.92 Å². The van der Waals surface area contributed by atoms with Gasteiger partial charge in [-0.3, -0.25) is 4.79 Å². The lowest BCUT2D eigenvalue weighted by atomic mass is 10.2. The molecule has 2 aromatic rings. The second-order valence-corrected chi connectivity index (χ2v) is 4.96. The lowest BCUT2D eigenvalue weighted by Crippen LogP contribution is -2.42. The van der Waals surface area contributed by atoms with Gasteiger partial charge in [0.1, 0.15) is 5.58 Å². The van der Waals surface area contributed by atoms with Crippen molar-refractivity contribution >= 4 is 34.1 Å². The van der Waals surface area contributed by atoms with E-state index in [0.29, 0.717) is 12.0 Å². The monoisotopic (exact) mass is 276 g/mol. The molecule has 1 amide bonds. The van der Waals surface area contributed by atoms with Crippen LogP contribution in [0.15, 0.2) is 28.7 Å². The number of nitrogens with one attached hydrogen (secondary N) is 1. The summed E-state index contributed by atoms with van der Waals surface area (Å²) in [6.45, 7) is 3.90. The summed E-state index contributed by atoms with van der Waals surface area (Å²) in [5, 5.41) is 3.67. The van der Waals surface area contributed by atoms with Gasteiger partial charge in [0.05, 0.1) is 11.0 Å². The molecule has 100 valence electrons. The van der Waals surface area contributed by atoms with Crippen LogP contribution in [-0.2, 0) is 0 Å². The van der Waals surface area contributed by atoms with E-state index in [2.05, 4.69) is 5.32 Å². The highest BCUT2D eigenvalue weighted by molar-refractivity contribution is 7.80. The molecule has 0 aliphatic carbocycles. The molecule has 1 aromatic heterocycles. The highest BCUT2D eigenvalue weighted by atomic mass is 32.1. The molecule has 1 heterocycles. The number of benzene rings is 1. The minimum atomic E-state index is -0.308. The molecule has 2 rings (SSSR count). The van der Waals surface area contributed by atoms with E-state index < -0.39 is 0 Å². The summed E-state index contributed by atoms with van der Waals surface area (Å²) >= 11 is 4.90. The summed E-state index contributed by atoms with van der Waals surface area (Å²) in [6, 6.07) is 7.19. The SMILES string of the molecule is CCC(NC(=O)c1cc2cc(C)ccc2o1)C(N)=S. The van der Waals surface area contributed by atoms with Crippen molar-refractivity contribution in [3.8, 4) is 0 Å². The topological polar surface area (TPSA) is 68.3 Å². The van der Waals surface area contributed by atoms with Crippen LogP contribution in [0.25, 0.3) is 11.0 Å². The molecule has 0 aliphatic heterocycles. The zero-order valence-electron chi connectivity index (χ0n) is 10.9. The van der Waals surface area contributed by atoms with Crippen molar-refractivity contribution in [2.75, 3.05) is 0 Å². The fourth-order valence-electron chi connectivity index (χ4n) is 1.88. The molecule has 5 heteroatoms. The smallest absolute Gasteiger partial charge is 0.287 e. The van der Waals surface area contributed by atoms with Gasteiger partial charge in [-0.2, -0.15) is 0 Å². The van der Waals surface area contributed by atoms with Gasteiger partial charge in [-0.05, 0) is 31.5 Å². The molecule has 0 aliphatic rings. The van der Waals surface area contributed by atoms with E-state index in [1.54, 1.807) is 6.07 Å². The molecule has 0 saturated heterocycles. The lowest BCUT2D eigenvalue weighted by Gasteiger charge is -2.13. The van der Waals surface area contributed by atoms with E-state index in [4.69, 9.17) is 22.4 Å². The van der Waals surface area contributed by atoms with Crippen LogP contribution >= 0.6 is 12.2 Å². The van der Waals surface area contributed by atoms with Crippen molar-refractivity contribution in [3.63, 3.8) is 0 Å². The van der Waals surface area contributed by atoms with Gasteiger partial charge in [-0.1, -0.05) is 30.8 Å². The third kappa shape index (κ3) is 2.93. The van der Waals surface area contributed by atoms with Crippen molar-refractivity contribution in [1.29, 1.82) is 0 Å². The van der Waals surface area contributed by atoms with Crippen LogP contribution in [-0.4, -0.2) is 16.9 Å². The summed E-state index contributed by atoms with van der Waals surface area (Å²) < 4.78 is 5.51. The third-order valence-electron chi connectivity index (χ3n) is 2.95. The van der Waals surface area contributed by atoms with Gasteiger partial charge in [0, 0.05) is 5.39 Å². The van der Waals surface area contributed by atoms with Gasteiger partial charge in [0.2, 0.25) is 0 Å². The maximum Gasteiger partial charge on any atom is 0.287 e. The molecule has 0 fully saturated rings. The highest BCUT2D eigenvalue weighted by Gasteiger charge is 2.17. The zero-order chi connectivity index (χ0) is 14.0. The number of carbonyl (C=O) groups is 1. The van der Waals surface area contributed by atoms with E-state index in [9.17, 15) is 4.79 Å². The fraction of sp³-hybridized carbons (Fsp3) is 0.286. The van der Waals surface area contributed by atoms with Crippen LogP contribution in [0.1, 0.15) is 29.5 Å².